The van der Waals surface area contributed by atoms with Crippen LogP contribution in [0.25, 0.3) is 0 Å². The van der Waals surface area contributed by atoms with Gasteiger partial charge >= 0.3 is 6.09 Å². The van der Waals surface area contributed by atoms with Crippen LogP contribution in [0.2, 0.25) is 0 Å². The van der Waals surface area contributed by atoms with E-state index in [1.807, 2.05) is 77.4 Å². The number of aliphatic hydroxyl groups excluding tert-OH is 1. The van der Waals surface area contributed by atoms with Crippen LogP contribution in [-0.2, 0) is 92.4 Å². The molecule has 3 fully saturated rings. The number of hydrogen-bond acceptors (Lipinski definition) is 23. The van der Waals surface area contributed by atoms with Crippen LogP contribution >= 0.6 is 11.3 Å². The minimum atomic E-state index is -1.52. The van der Waals surface area contributed by atoms with E-state index < -0.39 is 101 Å². The number of amides is 10. The number of primary amides is 1. The fraction of sp³-hybridized carbons (Fsp3) is 0.682. The van der Waals surface area contributed by atoms with Gasteiger partial charge < -0.3 is 79.7 Å². The number of rotatable bonds is 56. The Morgan fingerprint density at radius 3 is 1.90 bits per heavy atom. The summed E-state index contributed by atoms with van der Waals surface area (Å²) in [6, 6.07) is 13.0. The quantitative estimate of drug-likeness (QED) is 0.0268. The van der Waals surface area contributed by atoms with Crippen molar-refractivity contribution in [2.75, 3.05) is 139 Å². The highest BCUT2D eigenvalue weighted by Gasteiger charge is 2.45. The lowest BCUT2D eigenvalue weighted by molar-refractivity contribution is -0.148. The lowest BCUT2D eigenvalue weighted by Gasteiger charge is -2.41. The molecule has 120 heavy (non-hydrogen) atoms. The van der Waals surface area contributed by atoms with Crippen LogP contribution in [-0.4, -0.2) is 280 Å². The van der Waals surface area contributed by atoms with Crippen LogP contribution in [0.15, 0.2) is 66.2 Å². The normalized spacial score (nSPS) is 17.3. The topological polar surface area (TPSA) is 392 Å². The van der Waals surface area contributed by atoms with Crippen molar-refractivity contribution in [1.29, 1.82) is 0 Å². The summed E-state index contributed by atoms with van der Waals surface area (Å²) in [4.78, 5) is 192. The number of carbonyl (C=O) groups excluding carboxylic acids is 13. The maximum atomic E-state index is 15.2. The zero-order valence-corrected chi connectivity index (χ0v) is 73.8. The summed E-state index contributed by atoms with van der Waals surface area (Å²) in [6.07, 6.45) is 1.88. The number of nitrogens with two attached hydrogens (primary N) is 1. The molecule has 668 valence electrons. The Bertz CT molecular complexity index is 3740. The third-order valence-corrected chi connectivity index (χ3v) is 24.3. The molecule has 0 saturated carbocycles. The number of unbranched alkanes of at least 4 members (excludes halogenated alkanes) is 1. The van der Waals surface area contributed by atoms with Crippen LogP contribution in [0.5, 0.6) is 0 Å². The predicted octanol–water partition coefficient (Wildman–Crippen LogP) is 7.59. The number of ketones is 3. The summed E-state index contributed by atoms with van der Waals surface area (Å²) < 4.78 is 34.6. The largest absolute Gasteiger partial charge is 0.431 e. The van der Waals surface area contributed by atoms with Gasteiger partial charge in [-0.25, -0.2) is 9.78 Å². The number of imide groups is 1. The summed E-state index contributed by atoms with van der Waals surface area (Å²) in [5.74, 6) is -8.69. The van der Waals surface area contributed by atoms with Crippen molar-refractivity contribution in [1.82, 2.24) is 45.0 Å². The highest BCUT2D eigenvalue weighted by atomic mass is 32.1. The van der Waals surface area contributed by atoms with Gasteiger partial charge in [0.05, 0.1) is 88.5 Å². The first kappa shape index (κ1) is 100. The number of piperazine rings is 1. The molecule has 4 heterocycles. The molecule has 1 aromatic heterocycles. The molecule has 1 unspecified atom stereocenters. The van der Waals surface area contributed by atoms with E-state index in [9.17, 15) is 57.8 Å². The molecule has 0 radical (unpaired) electrons. The van der Waals surface area contributed by atoms with Gasteiger partial charge in [0.2, 0.25) is 53.4 Å². The third-order valence-electron chi connectivity index (χ3n) is 23.3. The van der Waals surface area contributed by atoms with Gasteiger partial charge in [0, 0.05) is 183 Å². The van der Waals surface area contributed by atoms with Crippen molar-refractivity contribution < 1.29 is 95.9 Å². The van der Waals surface area contributed by atoms with Gasteiger partial charge in [-0.15, -0.1) is 11.3 Å². The smallest absolute Gasteiger partial charge is 0.411 e. The van der Waals surface area contributed by atoms with Gasteiger partial charge in [-0.2, -0.15) is 0 Å². The number of nitrogens with one attached hydrogen (secondary N) is 3. The summed E-state index contributed by atoms with van der Waals surface area (Å²) in [5, 5.41) is 22.2. The molecule has 2 aromatic carbocycles. The van der Waals surface area contributed by atoms with Gasteiger partial charge in [0.25, 0.3) is 5.91 Å². The molecule has 0 aliphatic carbocycles. The number of benzene rings is 2. The van der Waals surface area contributed by atoms with Crippen LogP contribution in [0.3, 0.4) is 0 Å². The Morgan fingerprint density at radius 1 is 0.692 bits per heavy atom. The molecule has 6 N–H and O–H groups in total. The minimum absolute atomic E-state index is 0.0138. The highest BCUT2D eigenvalue weighted by Crippen LogP contribution is 2.36. The fourth-order valence-corrected chi connectivity index (χ4v) is 16.8. The lowest BCUT2D eigenvalue weighted by atomic mass is 9.80. The average molecular weight is 1700 g/mol. The van der Waals surface area contributed by atoms with E-state index in [0.29, 0.717) is 77.9 Å². The molecule has 6 rings (SSSR count). The SMILES string of the molecule is CC[C@H](C)[C@@H]([C@@H](CC(=O)N1CCC[C@H]1[C@H](CO)[C@@H](C)C(=O)C[C@@H](Cc1ccccc1)c1nccs1)OC)N(C)C(=O)[C@@H](CC(=O)[C@H](C(C)C)N(C)C(=O)OC(C(=O)N1CCN(C)CC1)c1ccc(NC(=O)[C@H](CCCCC(N)=O)CC(=O)[C@@H](NC(=O)CCOCCOCCOCCOCCNC(=O)CCN2C(=O)CCC2=O)C(C)C)cc1)C(C)C. The molecule has 10 amide bonds. The van der Waals surface area contributed by atoms with E-state index in [4.69, 9.17) is 34.2 Å². The molecule has 31 nitrogen and oxygen atoms in total. The molecular weight excluding hydrogens is 1560 g/mol. The van der Waals surface area contributed by atoms with Crippen molar-refractivity contribution >= 4 is 93.6 Å². The van der Waals surface area contributed by atoms with Gasteiger partial charge in [0.15, 0.2) is 11.6 Å². The number of Topliss-reactive ketones (excluding diaryl/α,β-unsaturated/α-hetero) is 3. The number of aliphatic hydroxyl groups is 1. The van der Waals surface area contributed by atoms with Crippen molar-refractivity contribution in [3.63, 3.8) is 0 Å². The van der Waals surface area contributed by atoms with E-state index in [-0.39, 0.29) is 206 Å². The second-order valence-corrected chi connectivity index (χ2v) is 34.0. The summed E-state index contributed by atoms with van der Waals surface area (Å²) in [5.41, 5.74) is 7.08. The number of aromatic nitrogens is 1. The van der Waals surface area contributed by atoms with Crippen molar-refractivity contribution in [2.45, 2.75) is 207 Å². The van der Waals surface area contributed by atoms with Gasteiger partial charge in [0.1, 0.15) is 5.78 Å². The van der Waals surface area contributed by atoms with Gasteiger partial charge in [-0.3, -0.25) is 62.4 Å². The monoisotopic (exact) mass is 1700 g/mol. The van der Waals surface area contributed by atoms with E-state index in [1.54, 1.807) is 79.9 Å². The van der Waals surface area contributed by atoms with Crippen molar-refractivity contribution in [3.8, 4) is 0 Å². The number of hydrogen-bond donors (Lipinski definition) is 5. The zero-order chi connectivity index (χ0) is 88.1. The van der Waals surface area contributed by atoms with Crippen molar-refractivity contribution in [2.24, 2.45) is 53.1 Å². The van der Waals surface area contributed by atoms with Gasteiger partial charge in [-0.05, 0) is 80.5 Å². The number of anilines is 1. The number of likely N-dealkylation sites (N-methyl/N-ethyl adjacent to an activating group) is 3. The molecule has 0 spiro atoms. The Morgan fingerprint density at radius 2 is 1.32 bits per heavy atom. The number of nitrogens with zero attached hydrogens (tertiary/aromatic N) is 7. The molecule has 3 aromatic rings. The Kier molecular flexibility index (Phi) is 43.5. The zero-order valence-electron chi connectivity index (χ0n) is 73.0. The number of thiazole rings is 1. The first-order chi connectivity index (χ1) is 57.3. The van der Waals surface area contributed by atoms with Gasteiger partial charge in [-0.1, -0.05) is 118 Å². The third kappa shape index (κ3) is 31.7. The minimum Gasteiger partial charge on any atom is -0.431 e. The van der Waals surface area contributed by atoms with E-state index in [1.165, 1.54) is 30.4 Å². The lowest BCUT2D eigenvalue weighted by Crippen LogP contribution is -2.54. The van der Waals surface area contributed by atoms with Crippen LogP contribution in [0.1, 0.15) is 187 Å². The molecule has 3 aliphatic heterocycles. The number of methoxy groups -OCH3 is 1. The van der Waals surface area contributed by atoms with E-state index >= 15 is 9.59 Å². The predicted molar refractivity (Wildman–Crippen MR) is 452 cm³/mol. The molecular formula is C88H135N11O20S. The number of likely N-dealkylation sites (tertiary alicyclic amines) is 2. The summed E-state index contributed by atoms with van der Waals surface area (Å²) >= 11 is 1.51. The Balaban J connectivity index is 1.04. The Labute approximate surface area is 712 Å². The van der Waals surface area contributed by atoms with E-state index in [2.05, 4.69) is 25.8 Å². The first-order valence-corrected chi connectivity index (χ1v) is 43.7. The second kappa shape index (κ2) is 52.1. The maximum absolute atomic E-state index is 15.2. The van der Waals surface area contributed by atoms with Crippen LogP contribution in [0, 0.1) is 47.3 Å². The molecule has 0 bridgehead atoms. The maximum Gasteiger partial charge on any atom is 0.411 e. The fourth-order valence-electron chi connectivity index (χ4n) is 16.0. The first-order valence-electron chi connectivity index (χ1n) is 42.8. The van der Waals surface area contributed by atoms with E-state index in [0.717, 1.165) is 15.5 Å². The molecule has 3 saturated heterocycles. The van der Waals surface area contributed by atoms with Crippen molar-refractivity contribution in [3.05, 3.63) is 82.3 Å². The van der Waals surface area contributed by atoms with Crippen LogP contribution in [0.4, 0.5) is 10.5 Å². The summed E-state index contributed by atoms with van der Waals surface area (Å²) in [7, 11) is 6.54. The number of carbonyl (C=O) groups is 13. The summed E-state index contributed by atoms with van der Waals surface area (Å²) in [6.45, 7) is 20.7. The standard InChI is InChI=1S/C88H135N11O20S/c1-14-60(8)82(73(114-13)55-79(109)98-36-20-24-69(98)68(56-100)61(9)70(101)53-65(85-91-35-50-120-85)51-62-21-16-15-17-22-62)95(11)86(111)67(57(2)3)54-72(103)81(59(6)7)96(12)88(113)119-83(87(112)97-40-38-94(10)39-41-97)63-26-28-66(29-27-63)92-84(110)64(23-18-19-25-74(89)104)52-71(102)80(58(4)5)93-76(106)33-42-115-44-46-117-48-49-118-47-45-116-43-34-90-75(105)32-37-99-77(107)30-31-78(99)108/h15-17,21-22,26-29,35,50,57-61,64-65,67-69,73,80-83,100H,14,18-20,23-25,30-34,36-49,51-56H2,1-13H3,(H2,89,104)(H,90,105)(H,92,110)(H,93,106)/t60-,61+,64+,65+,67-,68+,69-,73+,80-,81-,82-,83?/m0/s1. The Hall–Kier alpha value is -8.50. The molecule has 32 heteroatoms. The average Bonchev–Trinajstić information content (AvgIpc) is 1.57. The molecule has 3 aliphatic rings. The highest BCUT2D eigenvalue weighted by molar-refractivity contribution is 7.09. The number of ether oxygens (including phenoxy) is 6. The molecule has 12 atom stereocenters. The van der Waals surface area contributed by atoms with Crippen LogP contribution < -0.4 is 21.7 Å². The second-order valence-electron chi connectivity index (χ2n) is 33.1.